The number of carbonyl (C=O) groups excluding carboxylic acids is 1. The summed E-state index contributed by atoms with van der Waals surface area (Å²) in [5, 5.41) is 20.4. The Morgan fingerprint density at radius 1 is 1.04 bits per heavy atom. The van der Waals surface area contributed by atoms with Gasteiger partial charge in [-0.1, -0.05) is 48.5 Å². The Balaban J connectivity index is 1.61. The summed E-state index contributed by atoms with van der Waals surface area (Å²) < 4.78 is 16.1. The van der Waals surface area contributed by atoms with Crippen molar-refractivity contribution in [3.05, 3.63) is 71.8 Å². The van der Waals surface area contributed by atoms with Crippen LogP contribution in [0.3, 0.4) is 0 Å². The van der Waals surface area contributed by atoms with Gasteiger partial charge in [0.1, 0.15) is 12.2 Å². The van der Waals surface area contributed by atoms with Gasteiger partial charge in [-0.05, 0) is 17.7 Å². The van der Waals surface area contributed by atoms with E-state index in [1.54, 1.807) is 30.3 Å². The molecule has 1 saturated heterocycles. The van der Waals surface area contributed by atoms with Crippen LogP contribution in [0.25, 0.3) is 0 Å². The zero-order valence-corrected chi connectivity index (χ0v) is 13.5. The molecule has 4 atom stereocenters. The lowest BCUT2D eigenvalue weighted by Crippen LogP contribution is -2.55. The molecule has 0 aliphatic carbocycles. The van der Waals surface area contributed by atoms with E-state index in [1.165, 1.54) is 0 Å². The molecule has 3 rings (SSSR count). The Morgan fingerprint density at radius 3 is 2.36 bits per heavy atom. The van der Waals surface area contributed by atoms with Crippen molar-refractivity contribution in [3.8, 4) is 0 Å². The number of aliphatic hydroxyl groups excluding tert-OH is 2. The molecule has 2 aromatic rings. The Morgan fingerprint density at radius 2 is 1.68 bits per heavy atom. The highest BCUT2D eigenvalue weighted by Gasteiger charge is 2.41. The molecule has 0 amide bonds. The van der Waals surface area contributed by atoms with Gasteiger partial charge in [-0.25, -0.2) is 4.79 Å². The minimum absolute atomic E-state index is 0.105. The molecule has 25 heavy (non-hydrogen) atoms. The van der Waals surface area contributed by atoms with Crippen LogP contribution in [0.1, 0.15) is 15.9 Å². The summed E-state index contributed by atoms with van der Waals surface area (Å²) >= 11 is 0. The van der Waals surface area contributed by atoms with Crippen molar-refractivity contribution < 1.29 is 29.2 Å². The maximum atomic E-state index is 12.1. The highest BCUT2D eigenvalue weighted by atomic mass is 16.7. The molecular formula is C19H20O6. The Kier molecular flexibility index (Phi) is 5.78. The molecule has 1 aliphatic heterocycles. The minimum Gasteiger partial charge on any atom is -0.453 e. The summed E-state index contributed by atoms with van der Waals surface area (Å²) in [6, 6.07) is 17.8. The van der Waals surface area contributed by atoms with Gasteiger partial charge < -0.3 is 24.4 Å². The first-order chi connectivity index (χ1) is 12.1. The first-order valence-electron chi connectivity index (χ1n) is 8.04. The number of aliphatic hydroxyl groups is 2. The number of benzene rings is 2. The highest BCUT2D eigenvalue weighted by molar-refractivity contribution is 5.89. The molecule has 1 heterocycles. The van der Waals surface area contributed by atoms with E-state index in [-0.39, 0.29) is 13.2 Å². The largest absolute Gasteiger partial charge is 0.453 e. The molecule has 132 valence electrons. The number of hydrogen-bond acceptors (Lipinski definition) is 6. The Labute approximate surface area is 145 Å². The third-order valence-corrected chi connectivity index (χ3v) is 3.98. The molecule has 1 fully saturated rings. The zero-order valence-electron chi connectivity index (χ0n) is 13.5. The number of hydrogen-bond donors (Lipinski definition) is 2. The van der Waals surface area contributed by atoms with Crippen LogP contribution in [-0.4, -0.2) is 47.4 Å². The van der Waals surface area contributed by atoms with Crippen LogP contribution in [0.15, 0.2) is 60.7 Å². The molecule has 0 bridgehead atoms. The van der Waals surface area contributed by atoms with Crippen molar-refractivity contribution in [2.45, 2.75) is 31.2 Å². The predicted molar refractivity (Wildman–Crippen MR) is 88.6 cm³/mol. The van der Waals surface area contributed by atoms with Crippen molar-refractivity contribution in [3.63, 3.8) is 0 Å². The van der Waals surface area contributed by atoms with Crippen molar-refractivity contribution in [1.82, 2.24) is 0 Å². The minimum atomic E-state index is -1.29. The van der Waals surface area contributed by atoms with Gasteiger partial charge in [0.15, 0.2) is 12.4 Å². The second-order valence-electron chi connectivity index (χ2n) is 5.79. The van der Waals surface area contributed by atoms with E-state index in [0.717, 1.165) is 5.56 Å². The molecule has 0 unspecified atom stereocenters. The van der Waals surface area contributed by atoms with E-state index in [1.807, 2.05) is 30.3 Å². The van der Waals surface area contributed by atoms with Gasteiger partial charge in [0.05, 0.1) is 18.8 Å². The zero-order chi connectivity index (χ0) is 17.6. The standard InChI is InChI=1S/C19H20O6/c20-16-15(25-18(21)14-9-5-2-6-10-14)12-24-19(22)17(16)23-11-13-7-3-1-4-8-13/h1-10,15-17,19-20,22H,11-12H2/t15-,16+,17+,19+/m0/s1. The number of ether oxygens (including phenoxy) is 3. The predicted octanol–water partition coefficient (Wildman–Crippen LogP) is 1.51. The first-order valence-corrected chi connectivity index (χ1v) is 8.04. The van der Waals surface area contributed by atoms with Gasteiger partial charge in [0.25, 0.3) is 0 Å². The number of carbonyl (C=O) groups is 1. The fourth-order valence-corrected chi connectivity index (χ4v) is 2.60. The molecule has 0 spiro atoms. The lowest BCUT2D eigenvalue weighted by atomic mass is 10.0. The maximum Gasteiger partial charge on any atom is 0.338 e. The molecule has 0 saturated carbocycles. The number of esters is 1. The lowest BCUT2D eigenvalue weighted by molar-refractivity contribution is -0.267. The summed E-state index contributed by atoms with van der Waals surface area (Å²) in [4.78, 5) is 12.1. The van der Waals surface area contributed by atoms with Crippen molar-refractivity contribution in [2.24, 2.45) is 0 Å². The van der Waals surface area contributed by atoms with Crippen molar-refractivity contribution >= 4 is 5.97 Å². The van der Waals surface area contributed by atoms with Gasteiger partial charge in [0, 0.05) is 0 Å². The highest BCUT2D eigenvalue weighted by Crippen LogP contribution is 2.21. The fraction of sp³-hybridized carbons (Fsp3) is 0.316. The van der Waals surface area contributed by atoms with Gasteiger partial charge in [-0.3, -0.25) is 0 Å². The van der Waals surface area contributed by atoms with Crippen LogP contribution >= 0.6 is 0 Å². The Bertz CT molecular complexity index is 675. The SMILES string of the molecule is O=C(O[C@H]1CO[C@@H](O)[C@H](OCc2ccccc2)[C@@H]1O)c1ccccc1. The molecular weight excluding hydrogens is 324 g/mol. The fourth-order valence-electron chi connectivity index (χ4n) is 2.60. The van der Waals surface area contributed by atoms with E-state index >= 15 is 0 Å². The van der Waals surface area contributed by atoms with E-state index in [9.17, 15) is 15.0 Å². The Hall–Kier alpha value is -2.25. The van der Waals surface area contributed by atoms with Gasteiger partial charge in [-0.15, -0.1) is 0 Å². The average Bonchev–Trinajstić information content (AvgIpc) is 2.65. The summed E-state index contributed by atoms with van der Waals surface area (Å²) in [5.74, 6) is -0.563. The average molecular weight is 344 g/mol. The van der Waals surface area contributed by atoms with Crippen LogP contribution in [0.4, 0.5) is 0 Å². The molecule has 0 radical (unpaired) electrons. The molecule has 2 aromatic carbocycles. The van der Waals surface area contributed by atoms with E-state index in [4.69, 9.17) is 14.2 Å². The van der Waals surface area contributed by atoms with Gasteiger partial charge in [-0.2, -0.15) is 0 Å². The lowest BCUT2D eigenvalue weighted by Gasteiger charge is -2.37. The normalized spacial score (nSPS) is 26.2. The maximum absolute atomic E-state index is 12.1. The molecule has 6 heteroatoms. The second-order valence-corrected chi connectivity index (χ2v) is 5.79. The third-order valence-electron chi connectivity index (χ3n) is 3.98. The van der Waals surface area contributed by atoms with Crippen LogP contribution < -0.4 is 0 Å². The smallest absolute Gasteiger partial charge is 0.338 e. The van der Waals surface area contributed by atoms with E-state index < -0.39 is 30.6 Å². The van der Waals surface area contributed by atoms with Crippen LogP contribution in [0, 0.1) is 0 Å². The molecule has 1 aliphatic rings. The third kappa shape index (κ3) is 4.43. The summed E-state index contributed by atoms with van der Waals surface area (Å²) in [5.41, 5.74) is 1.27. The topological polar surface area (TPSA) is 85.2 Å². The second kappa shape index (κ2) is 8.22. The molecule has 2 N–H and O–H groups in total. The van der Waals surface area contributed by atoms with Crippen LogP contribution in [-0.2, 0) is 20.8 Å². The summed E-state index contributed by atoms with van der Waals surface area (Å²) in [6.07, 6.45) is -4.41. The summed E-state index contributed by atoms with van der Waals surface area (Å²) in [6.45, 7) is 0.0917. The van der Waals surface area contributed by atoms with Gasteiger partial charge in [0.2, 0.25) is 0 Å². The van der Waals surface area contributed by atoms with Crippen molar-refractivity contribution in [1.29, 1.82) is 0 Å². The van der Waals surface area contributed by atoms with Crippen molar-refractivity contribution in [2.75, 3.05) is 6.61 Å². The van der Waals surface area contributed by atoms with E-state index in [2.05, 4.69) is 0 Å². The monoisotopic (exact) mass is 344 g/mol. The van der Waals surface area contributed by atoms with E-state index in [0.29, 0.717) is 5.56 Å². The number of rotatable bonds is 5. The first kappa shape index (κ1) is 17.6. The molecule has 0 aromatic heterocycles. The molecule has 6 nitrogen and oxygen atoms in total. The quantitative estimate of drug-likeness (QED) is 0.800. The van der Waals surface area contributed by atoms with Gasteiger partial charge >= 0.3 is 5.97 Å². The van der Waals surface area contributed by atoms with Crippen LogP contribution in [0.2, 0.25) is 0 Å². The van der Waals surface area contributed by atoms with Crippen LogP contribution in [0.5, 0.6) is 0 Å². The summed E-state index contributed by atoms with van der Waals surface area (Å²) in [7, 11) is 0.